The summed E-state index contributed by atoms with van der Waals surface area (Å²) >= 11 is 6.13. The van der Waals surface area contributed by atoms with Crippen molar-refractivity contribution in [2.24, 2.45) is 10.7 Å². The molecule has 1 unspecified atom stereocenters. The fourth-order valence-corrected chi connectivity index (χ4v) is 3.29. The van der Waals surface area contributed by atoms with E-state index in [0.717, 1.165) is 24.5 Å². The lowest BCUT2D eigenvalue weighted by atomic mass is 10.2. The van der Waals surface area contributed by atoms with Gasteiger partial charge in [-0.05, 0) is 56.3 Å². The van der Waals surface area contributed by atoms with E-state index in [9.17, 15) is 0 Å². The number of hydrogen-bond acceptors (Lipinski definition) is 4. The molecule has 0 aliphatic carbocycles. The van der Waals surface area contributed by atoms with Crippen molar-refractivity contribution in [1.82, 2.24) is 4.90 Å². The molecule has 8 heteroatoms. The van der Waals surface area contributed by atoms with Gasteiger partial charge in [-0.15, -0.1) is 24.0 Å². The Morgan fingerprint density at radius 1 is 1.38 bits per heavy atom. The number of anilines is 1. The quantitative estimate of drug-likeness (QED) is 0.362. The van der Waals surface area contributed by atoms with Crippen LogP contribution in [0.25, 0.3) is 0 Å². The van der Waals surface area contributed by atoms with Gasteiger partial charge in [-0.25, -0.2) is 0 Å². The molecule has 26 heavy (non-hydrogen) atoms. The standard InChI is InChI=1S/C18H23ClN4O2.HI/c1-24-16-7-6-13(11-14(16)19)22-18(20)21-12-15(17-5-4-10-25-17)23-8-2-3-9-23;/h4-7,10-11,15H,2-3,8-9,12H2,1H3,(H3,20,21,22);1H. The first-order valence-electron chi connectivity index (χ1n) is 8.35. The molecule has 0 radical (unpaired) electrons. The third-order valence-electron chi connectivity index (χ3n) is 4.31. The molecule has 1 aromatic heterocycles. The molecule has 0 bridgehead atoms. The minimum atomic E-state index is 0. The van der Waals surface area contributed by atoms with Crippen molar-refractivity contribution in [3.63, 3.8) is 0 Å². The second kappa shape index (κ2) is 10.0. The number of rotatable bonds is 6. The summed E-state index contributed by atoms with van der Waals surface area (Å²) in [6.07, 6.45) is 4.11. The number of hydrogen-bond donors (Lipinski definition) is 2. The number of guanidine groups is 1. The molecule has 2 heterocycles. The molecule has 2 aromatic rings. The second-order valence-electron chi connectivity index (χ2n) is 5.97. The van der Waals surface area contributed by atoms with Gasteiger partial charge in [0, 0.05) is 5.69 Å². The molecule has 0 saturated carbocycles. The van der Waals surface area contributed by atoms with E-state index < -0.39 is 0 Å². The Bertz CT molecular complexity index is 718. The lowest BCUT2D eigenvalue weighted by Gasteiger charge is -2.24. The molecule has 1 aromatic carbocycles. The predicted molar refractivity (Wildman–Crippen MR) is 116 cm³/mol. The fourth-order valence-electron chi connectivity index (χ4n) is 3.04. The number of nitrogens with two attached hydrogens (primary N) is 1. The summed E-state index contributed by atoms with van der Waals surface area (Å²) in [4.78, 5) is 6.89. The van der Waals surface area contributed by atoms with Gasteiger partial charge in [0.1, 0.15) is 11.5 Å². The minimum Gasteiger partial charge on any atom is -0.495 e. The summed E-state index contributed by atoms with van der Waals surface area (Å²) in [5.74, 6) is 1.89. The van der Waals surface area contributed by atoms with E-state index in [1.165, 1.54) is 12.8 Å². The van der Waals surface area contributed by atoms with E-state index >= 15 is 0 Å². The Morgan fingerprint density at radius 3 is 2.77 bits per heavy atom. The average molecular weight is 491 g/mol. The number of nitrogens with one attached hydrogen (secondary N) is 1. The highest BCUT2D eigenvalue weighted by Gasteiger charge is 2.25. The van der Waals surface area contributed by atoms with Crippen molar-refractivity contribution < 1.29 is 9.15 Å². The van der Waals surface area contributed by atoms with Gasteiger partial charge in [-0.1, -0.05) is 11.6 Å². The molecule has 1 atom stereocenters. The number of likely N-dealkylation sites (tertiary alicyclic amines) is 1. The zero-order chi connectivity index (χ0) is 17.6. The molecule has 1 saturated heterocycles. The zero-order valence-electron chi connectivity index (χ0n) is 14.7. The third-order valence-corrected chi connectivity index (χ3v) is 4.61. The van der Waals surface area contributed by atoms with Crippen LogP contribution in [0.5, 0.6) is 5.75 Å². The van der Waals surface area contributed by atoms with Gasteiger partial charge < -0.3 is 20.2 Å². The molecule has 0 spiro atoms. The zero-order valence-corrected chi connectivity index (χ0v) is 17.7. The molecule has 1 aliphatic rings. The highest BCUT2D eigenvalue weighted by Crippen LogP contribution is 2.28. The maximum Gasteiger partial charge on any atom is 0.193 e. The van der Waals surface area contributed by atoms with Crippen LogP contribution in [0.3, 0.4) is 0 Å². The Labute approximate surface area is 175 Å². The van der Waals surface area contributed by atoms with Gasteiger partial charge in [0.25, 0.3) is 0 Å². The van der Waals surface area contributed by atoms with Gasteiger partial charge in [-0.2, -0.15) is 0 Å². The smallest absolute Gasteiger partial charge is 0.193 e. The van der Waals surface area contributed by atoms with E-state index in [1.807, 2.05) is 18.2 Å². The van der Waals surface area contributed by atoms with E-state index in [1.54, 1.807) is 25.5 Å². The summed E-state index contributed by atoms with van der Waals surface area (Å²) in [5.41, 5.74) is 6.81. The lowest BCUT2D eigenvalue weighted by molar-refractivity contribution is 0.221. The second-order valence-corrected chi connectivity index (χ2v) is 6.38. The Hall–Kier alpha value is -1.45. The molecular formula is C18H24ClIN4O2. The number of nitrogens with zero attached hydrogens (tertiary/aromatic N) is 2. The maximum atomic E-state index is 6.13. The van der Waals surface area contributed by atoms with Crippen molar-refractivity contribution in [1.29, 1.82) is 0 Å². The molecular weight excluding hydrogens is 467 g/mol. The Morgan fingerprint density at radius 2 is 2.15 bits per heavy atom. The minimum absolute atomic E-state index is 0. The monoisotopic (exact) mass is 490 g/mol. The van der Waals surface area contributed by atoms with Crippen LogP contribution in [0.15, 0.2) is 46.0 Å². The van der Waals surface area contributed by atoms with Crippen molar-refractivity contribution in [2.75, 3.05) is 32.1 Å². The van der Waals surface area contributed by atoms with Gasteiger partial charge >= 0.3 is 0 Å². The first kappa shape index (κ1) is 20.9. The molecule has 3 rings (SSSR count). The van der Waals surface area contributed by atoms with Gasteiger partial charge in [0.05, 0.1) is 31.0 Å². The van der Waals surface area contributed by atoms with Crippen LogP contribution in [0, 0.1) is 0 Å². The topological polar surface area (TPSA) is 76.0 Å². The number of halogens is 2. The first-order chi connectivity index (χ1) is 12.2. The van der Waals surface area contributed by atoms with Crippen LogP contribution < -0.4 is 15.8 Å². The molecule has 1 fully saturated rings. The van der Waals surface area contributed by atoms with Crippen LogP contribution in [0.4, 0.5) is 5.69 Å². The fraction of sp³-hybridized carbons (Fsp3) is 0.389. The van der Waals surface area contributed by atoms with Gasteiger partial charge in [-0.3, -0.25) is 9.89 Å². The Balaban J connectivity index is 0.00000243. The van der Waals surface area contributed by atoms with Crippen molar-refractivity contribution in [2.45, 2.75) is 18.9 Å². The number of aliphatic imine (C=N–C) groups is 1. The van der Waals surface area contributed by atoms with Gasteiger partial charge in [0.2, 0.25) is 0 Å². The summed E-state index contributed by atoms with van der Waals surface area (Å²) in [7, 11) is 1.58. The highest BCUT2D eigenvalue weighted by molar-refractivity contribution is 14.0. The molecule has 6 nitrogen and oxygen atoms in total. The van der Waals surface area contributed by atoms with Crippen molar-refractivity contribution in [3.05, 3.63) is 47.4 Å². The number of ether oxygens (including phenoxy) is 1. The van der Waals surface area contributed by atoms with Crippen molar-refractivity contribution >= 4 is 47.2 Å². The van der Waals surface area contributed by atoms with Crippen LogP contribution in [-0.4, -0.2) is 37.6 Å². The summed E-state index contributed by atoms with van der Waals surface area (Å²) in [5, 5.41) is 3.58. The van der Waals surface area contributed by atoms with Crippen LogP contribution in [-0.2, 0) is 0 Å². The molecule has 3 N–H and O–H groups in total. The van der Waals surface area contributed by atoms with E-state index in [0.29, 0.717) is 23.3 Å². The summed E-state index contributed by atoms with van der Waals surface area (Å²) in [6, 6.07) is 9.39. The number of furan rings is 1. The average Bonchev–Trinajstić information content (AvgIpc) is 3.29. The lowest BCUT2D eigenvalue weighted by Crippen LogP contribution is -2.30. The summed E-state index contributed by atoms with van der Waals surface area (Å²) in [6.45, 7) is 2.65. The predicted octanol–water partition coefficient (Wildman–Crippen LogP) is 4.12. The highest BCUT2D eigenvalue weighted by atomic mass is 127. The van der Waals surface area contributed by atoms with E-state index in [-0.39, 0.29) is 30.0 Å². The normalized spacial score (nSPS) is 16.2. The Kier molecular flexibility index (Phi) is 8.05. The largest absolute Gasteiger partial charge is 0.495 e. The van der Waals surface area contributed by atoms with Crippen LogP contribution >= 0.6 is 35.6 Å². The van der Waals surface area contributed by atoms with Crippen LogP contribution in [0.2, 0.25) is 5.02 Å². The van der Waals surface area contributed by atoms with E-state index in [4.69, 9.17) is 26.5 Å². The van der Waals surface area contributed by atoms with Gasteiger partial charge in [0.15, 0.2) is 5.96 Å². The number of benzene rings is 1. The molecule has 142 valence electrons. The summed E-state index contributed by atoms with van der Waals surface area (Å²) < 4.78 is 10.7. The SMILES string of the molecule is COc1ccc(NC(N)=NCC(c2ccco2)N2CCCC2)cc1Cl.I. The third kappa shape index (κ3) is 5.28. The first-order valence-corrected chi connectivity index (χ1v) is 8.73. The number of methoxy groups -OCH3 is 1. The maximum absolute atomic E-state index is 6.13. The molecule has 0 amide bonds. The van der Waals surface area contributed by atoms with E-state index in [2.05, 4.69) is 15.2 Å². The van der Waals surface area contributed by atoms with Crippen molar-refractivity contribution in [3.8, 4) is 5.75 Å². The molecule has 1 aliphatic heterocycles. The van der Waals surface area contributed by atoms with Crippen LogP contribution in [0.1, 0.15) is 24.6 Å².